The zero-order chi connectivity index (χ0) is 9.97. The summed E-state index contributed by atoms with van der Waals surface area (Å²) >= 11 is 0. The van der Waals surface area contributed by atoms with Crippen LogP contribution in [0.5, 0.6) is 11.5 Å². The van der Waals surface area contributed by atoms with E-state index in [1.807, 2.05) is 12.1 Å². The van der Waals surface area contributed by atoms with Crippen LogP contribution in [-0.2, 0) is 0 Å². The molecule has 2 aromatic rings. The number of aromatic amines is 1. The number of ether oxygens (including phenoxy) is 1. The van der Waals surface area contributed by atoms with Gasteiger partial charge in [0, 0.05) is 17.3 Å². The quantitative estimate of drug-likeness (QED) is 0.759. The fourth-order valence-corrected chi connectivity index (χ4v) is 1.32. The monoisotopic (exact) mass is 190 g/mol. The van der Waals surface area contributed by atoms with Gasteiger partial charge in [-0.25, -0.2) is 0 Å². The topological polar surface area (TPSA) is 58.1 Å². The number of aromatic nitrogens is 2. The molecule has 72 valence electrons. The lowest BCUT2D eigenvalue weighted by atomic mass is 10.1. The van der Waals surface area contributed by atoms with Crippen molar-refractivity contribution in [3.05, 3.63) is 30.6 Å². The normalized spacial score (nSPS) is 10.1. The lowest BCUT2D eigenvalue weighted by Gasteiger charge is -2.06. The summed E-state index contributed by atoms with van der Waals surface area (Å²) in [7, 11) is 1.52. The molecule has 1 aromatic heterocycles. The molecule has 0 saturated heterocycles. The summed E-state index contributed by atoms with van der Waals surface area (Å²) in [6.07, 6.45) is 3.36. The molecule has 0 bridgehead atoms. The van der Waals surface area contributed by atoms with Gasteiger partial charge in [-0.15, -0.1) is 0 Å². The average molecular weight is 190 g/mol. The van der Waals surface area contributed by atoms with Crippen LogP contribution in [-0.4, -0.2) is 22.4 Å². The predicted molar refractivity (Wildman–Crippen MR) is 52.2 cm³/mol. The van der Waals surface area contributed by atoms with E-state index >= 15 is 0 Å². The highest BCUT2D eigenvalue weighted by atomic mass is 16.5. The Morgan fingerprint density at radius 1 is 1.43 bits per heavy atom. The van der Waals surface area contributed by atoms with E-state index in [-0.39, 0.29) is 5.75 Å². The molecule has 0 aliphatic rings. The Balaban J connectivity index is 2.54. The number of rotatable bonds is 2. The summed E-state index contributed by atoms with van der Waals surface area (Å²) < 4.78 is 5.00. The highest BCUT2D eigenvalue weighted by molar-refractivity contribution is 5.72. The zero-order valence-electron chi connectivity index (χ0n) is 7.69. The number of nitrogens with zero attached hydrogens (tertiary/aromatic N) is 1. The molecule has 2 N–H and O–H groups in total. The van der Waals surface area contributed by atoms with Crippen molar-refractivity contribution in [2.45, 2.75) is 0 Å². The van der Waals surface area contributed by atoms with Crippen molar-refractivity contribution in [2.75, 3.05) is 7.11 Å². The Kier molecular flexibility index (Phi) is 2.10. The molecule has 0 spiro atoms. The van der Waals surface area contributed by atoms with E-state index in [0.29, 0.717) is 11.3 Å². The van der Waals surface area contributed by atoms with Gasteiger partial charge in [-0.3, -0.25) is 5.10 Å². The van der Waals surface area contributed by atoms with Crippen molar-refractivity contribution in [2.24, 2.45) is 0 Å². The highest BCUT2D eigenvalue weighted by Crippen LogP contribution is 2.35. The van der Waals surface area contributed by atoms with Crippen LogP contribution in [0.1, 0.15) is 0 Å². The predicted octanol–water partition coefficient (Wildman–Crippen LogP) is 1.79. The van der Waals surface area contributed by atoms with Crippen LogP contribution in [0.15, 0.2) is 30.6 Å². The molecule has 1 heterocycles. The number of methoxy groups -OCH3 is 1. The van der Waals surface area contributed by atoms with Crippen LogP contribution in [0.2, 0.25) is 0 Å². The minimum absolute atomic E-state index is 0.136. The minimum Gasteiger partial charge on any atom is -0.504 e. The molecule has 0 aliphatic carbocycles. The second-order valence-electron chi connectivity index (χ2n) is 2.84. The van der Waals surface area contributed by atoms with Crippen molar-refractivity contribution in [3.63, 3.8) is 0 Å². The number of hydrogen-bond acceptors (Lipinski definition) is 3. The molecular formula is C10H10N2O2. The fraction of sp³-hybridized carbons (Fsp3) is 0.100. The maximum atomic E-state index is 9.79. The zero-order valence-corrected chi connectivity index (χ0v) is 7.69. The summed E-state index contributed by atoms with van der Waals surface area (Å²) in [6, 6.07) is 5.34. The Bertz CT molecular complexity index is 424. The molecule has 0 atom stereocenters. The lowest BCUT2D eigenvalue weighted by molar-refractivity contribution is 0.374. The third-order valence-electron chi connectivity index (χ3n) is 2.03. The standard InChI is InChI=1S/C10H10N2O2/c1-14-9-4-2-3-8(10(9)13)7-5-11-12-6-7/h2-6,13H,1H3,(H,11,12). The van der Waals surface area contributed by atoms with Gasteiger partial charge in [-0.1, -0.05) is 12.1 Å². The first kappa shape index (κ1) is 8.62. The number of aromatic hydroxyl groups is 1. The summed E-state index contributed by atoms with van der Waals surface area (Å²) in [5, 5.41) is 16.3. The van der Waals surface area contributed by atoms with Crippen molar-refractivity contribution in [1.29, 1.82) is 0 Å². The molecular weight excluding hydrogens is 180 g/mol. The number of phenols is 1. The first-order valence-electron chi connectivity index (χ1n) is 4.18. The largest absolute Gasteiger partial charge is 0.504 e. The van der Waals surface area contributed by atoms with E-state index in [1.165, 1.54) is 7.11 Å². The number of hydrogen-bond donors (Lipinski definition) is 2. The Labute approximate surface area is 81.2 Å². The van der Waals surface area contributed by atoms with E-state index in [2.05, 4.69) is 10.2 Å². The number of phenolic OH excluding ortho intramolecular Hbond substituents is 1. The Hall–Kier alpha value is -1.97. The average Bonchev–Trinajstić information content (AvgIpc) is 2.71. The molecule has 1 aromatic carbocycles. The number of nitrogens with one attached hydrogen (secondary N) is 1. The van der Waals surface area contributed by atoms with Gasteiger partial charge in [0.25, 0.3) is 0 Å². The van der Waals surface area contributed by atoms with E-state index < -0.39 is 0 Å². The van der Waals surface area contributed by atoms with Gasteiger partial charge in [0.15, 0.2) is 11.5 Å². The minimum atomic E-state index is 0.136. The molecule has 4 heteroatoms. The van der Waals surface area contributed by atoms with Gasteiger partial charge in [0.1, 0.15) is 0 Å². The Morgan fingerprint density at radius 2 is 2.29 bits per heavy atom. The second-order valence-corrected chi connectivity index (χ2v) is 2.84. The number of H-pyrrole nitrogens is 1. The molecule has 4 nitrogen and oxygen atoms in total. The number of benzene rings is 1. The molecule has 0 saturated carbocycles. The van der Waals surface area contributed by atoms with Gasteiger partial charge in [-0.05, 0) is 6.07 Å². The van der Waals surface area contributed by atoms with Crippen LogP contribution in [0.25, 0.3) is 11.1 Å². The van der Waals surface area contributed by atoms with Gasteiger partial charge >= 0.3 is 0 Å². The van der Waals surface area contributed by atoms with E-state index in [1.54, 1.807) is 18.5 Å². The molecule has 0 aliphatic heterocycles. The molecule has 0 radical (unpaired) electrons. The summed E-state index contributed by atoms with van der Waals surface area (Å²) in [5.41, 5.74) is 1.54. The van der Waals surface area contributed by atoms with E-state index in [9.17, 15) is 5.11 Å². The van der Waals surface area contributed by atoms with Crippen LogP contribution >= 0.6 is 0 Å². The maximum Gasteiger partial charge on any atom is 0.165 e. The Morgan fingerprint density at radius 3 is 2.93 bits per heavy atom. The van der Waals surface area contributed by atoms with E-state index in [4.69, 9.17) is 4.74 Å². The van der Waals surface area contributed by atoms with Gasteiger partial charge in [-0.2, -0.15) is 5.10 Å². The van der Waals surface area contributed by atoms with Crippen LogP contribution < -0.4 is 4.74 Å². The van der Waals surface area contributed by atoms with Crippen LogP contribution in [0, 0.1) is 0 Å². The summed E-state index contributed by atoms with van der Waals surface area (Å²) in [5.74, 6) is 0.597. The highest BCUT2D eigenvalue weighted by Gasteiger charge is 2.09. The van der Waals surface area contributed by atoms with Gasteiger partial charge in [0.05, 0.1) is 13.3 Å². The second kappa shape index (κ2) is 3.41. The van der Waals surface area contributed by atoms with Crippen molar-refractivity contribution < 1.29 is 9.84 Å². The van der Waals surface area contributed by atoms with E-state index in [0.717, 1.165) is 5.56 Å². The first-order chi connectivity index (χ1) is 6.83. The first-order valence-corrected chi connectivity index (χ1v) is 4.18. The molecule has 2 rings (SSSR count). The van der Waals surface area contributed by atoms with Gasteiger partial charge in [0.2, 0.25) is 0 Å². The van der Waals surface area contributed by atoms with Crippen LogP contribution in [0.3, 0.4) is 0 Å². The van der Waals surface area contributed by atoms with Gasteiger partial charge < -0.3 is 9.84 Å². The smallest absolute Gasteiger partial charge is 0.165 e. The third kappa shape index (κ3) is 1.31. The summed E-state index contributed by atoms with van der Waals surface area (Å²) in [6.45, 7) is 0. The molecule has 0 unspecified atom stereocenters. The van der Waals surface area contributed by atoms with Crippen molar-refractivity contribution in [3.8, 4) is 22.6 Å². The fourth-order valence-electron chi connectivity index (χ4n) is 1.32. The molecule has 0 amide bonds. The van der Waals surface area contributed by atoms with Crippen molar-refractivity contribution >= 4 is 0 Å². The SMILES string of the molecule is COc1cccc(-c2cn[nH]c2)c1O. The lowest BCUT2D eigenvalue weighted by Crippen LogP contribution is -1.85. The van der Waals surface area contributed by atoms with Crippen molar-refractivity contribution in [1.82, 2.24) is 10.2 Å². The maximum absolute atomic E-state index is 9.79. The number of para-hydroxylation sites is 1. The molecule has 0 fully saturated rings. The van der Waals surface area contributed by atoms with Crippen LogP contribution in [0.4, 0.5) is 0 Å². The third-order valence-corrected chi connectivity index (χ3v) is 2.03. The molecule has 14 heavy (non-hydrogen) atoms. The summed E-state index contributed by atoms with van der Waals surface area (Å²) in [4.78, 5) is 0.